The predicted molar refractivity (Wildman–Crippen MR) is 80.6 cm³/mol. The van der Waals surface area contributed by atoms with Crippen molar-refractivity contribution in [3.63, 3.8) is 0 Å². The molecule has 2 aromatic heterocycles. The number of fused-ring (bicyclic) bond motifs is 1. The number of carboxylic acids is 1. The molecule has 1 fully saturated rings. The van der Waals surface area contributed by atoms with E-state index in [9.17, 15) is 19.5 Å². The first-order valence-corrected chi connectivity index (χ1v) is 7.11. The van der Waals surface area contributed by atoms with Crippen molar-refractivity contribution >= 4 is 22.9 Å². The summed E-state index contributed by atoms with van der Waals surface area (Å²) in [7, 11) is 1.45. The molecule has 2 aromatic rings. The number of carboxylic acid groups (broad SMARTS) is 1. The van der Waals surface area contributed by atoms with Gasteiger partial charge in [-0.1, -0.05) is 0 Å². The molecule has 0 radical (unpaired) electrons. The van der Waals surface area contributed by atoms with E-state index < -0.39 is 35.3 Å². The molecule has 1 aliphatic rings. The van der Waals surface area contributed by atoms with Gasteiger partial charge in [0.05, 0.1) is 5.39 Å². The Balaban J connectivity index is 2.15. The number of hydrogen-bond donors (Lipinski definition) is 3. The average molecular weight is 317 g/mol. The molecule has 8 heteroatoms. The van der Waals surface area contributed by atoms with Crippen molar-refractivity contribution in [2.24, 2.45) is 7.05 Å². The van der Waals surface area contributed by atoms with Crippen molar-refractivity contribution < 1.29 is 19.8 Å². The number of nitrogens with one attached hydrogen (secondary N) is 1. The van der Waals surface area contributed by atoms with Gasteiger partial charge in [-0.15, -0.1) is 0 Å². The largest absolute Gasteiger partial charge is 0.506 e. The minimum atomic E-state index is -1.24. The van der Waals surface area contributed by atoms with Crippen LogP contribution in [0, 0.1) is 0 Å². The number of aromatic nitrogens is 2. The van der Waals surface area contributed by atoms with Crippen LogP contribution in [0.15, 0.2) is 17.1 Å². The lowest BCUT2D eigenvalue weighted by molar-refractivity contribution is -0.135. The molecule has 1 aliphatic carbocycles. The standard InChI is InChI=1S/C15H15N3O5/c1-18-13-9(4-8(5-16-13)7-2-3-7)12(21)11(15(18)23)14(22)17-6-10(19)20/h4-5,7,21H,2-3,6H2,1H3,(H,17,22)(H,19,20). The summed E-state index contributed by atoms with van der Waals surface area (Å²) in [6.45, 7) is -0.639. The van der Waals surface area contributed by atoms with Crippen LogP contribution in [0.2, 0.25) is 0 Å². The zero-order valence-electron chi connectivity index (χ0n) is 12.4. The highest BCUT2D eigenvalue weighted by atomic mass is 16.4. The third kappa shape index (κ3) is 2.63. The molecule has 0 atom stereocenters. The van der Waals surface area contributed by atoms with Crippen LogP contribution in [0.1, 0.15) is 34.7 Å². The second-order valence-electron chi connectivity index (χ2n) is 5.58. The van der Waals surface area contributed by atoms with Crippen LogP contribution >= 0.6 is 0 Å². The van der Waals surface area contributed by atoms with Crippen molar-refractivity contribution in [1.29, 1.82) is 0 Å². The molecular weight excluding hydrogens is 302 g/mol. The van der Waals surface area contributed by atoms with Crippen molar-refractivity contribution in [2.45, 2.75) is 18.8 Å². The van der Waals surface area contributed by atoms with Gasteiger partial charge in [0.1, 0.15) is 23.5 Å². The van der Waals surface area contributed by atoms with Gasteiger partial charge in [0.25, 0.3) is 11.5 Å². The Labute approximate surface area is 130 Å². The van der Waals surface area contributed by atoms with E-state index in [0.29, 0.717) is 11.3 Å². The lowest BCUT2D eigenvalue weighted by Crippen LogP contribution is -2.35. The summed E-state index contributed by atoms with van der Waals surface area (Å²) in [6, 6.07) is 1.72. The van der Waals surface area contributed by atoms with Gasteiger partial charge in [0.15, 0.2) is 0 Å². The second-order valence-corrected chi connectivity index (χ2v) is 5.58. The van der Waals surface area contributed by atoms with E-state index in [1.807, 2.05) is 0 Å². The summed E-state index contributed by atoms with van der Waals surface area (Å²) in [6.07, 6.45) is 3.76. The number of aliphatic carboxylic acids is 1. The SMILES string of the molecule is Cn1c(=O)c(C(=O)NCC(=O)O)c(O)c2cc(C3CC3)cnc21. The summed E-state index contributed by atoms with van der Waals surface area (Å²) < 4.78 is 1.17. The van der Waals surface area contributed by atoms with Crippen LogP contribution in [0.3, 0.4) is 0 Å². The van der Waals surface area contributed by atoms with Crippen molar-refractivity contribution in [2.75, 3.05) is 6.54 Å². The monoisotopic (exact) mass is 317 g/mol. The molecule has 1 amide bonds. The zero-order valence-corrected chi connectivity index (χ0v) is 12.4. The molecule has 3 rings (SSSR count). The van der Waals surface area contributed by atoms with Crippen LogP contribution in [0.4, 0.5) is 0 Å². The molecule has 1 saturated carbocycles. The lowest BCUT2D eigenvalue weighted by atomic mass is 10.1. The Morgan fingerprint density at radius 2 is 2.13 bits per heavy atom. The van der Waals surface area contributed by atoms with Crippen molar-refractivity contribution in [3.8, 4) is 5.75 Å². The van der Waals surface area contributed by atoms with Crippen molar-refractivity contribution in [1.82, 2.24) is 14.9 Å². The van der Waals surface area contributed by atoms with E-state index >= 15 is 0 Å². The van der Waals surface area contributed by atoms with E-state index in [-0.39, 0.29) is 5.65 Å². The number of rotatable bonds is 4. The van der Waals surface area contributed by atoms with Gasteiger partial charge in [0.2, 0.25) is 0 Å². The van der Waals surface area contributed by atoms with Gasteiger partial charge in [-0.05, 0) is 30.4 Å². The van der Waals surface area contributed by atoms with E-state index in [0.717, 1.165) is 18.4 Å². The summed E-state index contributed by atoms with van der Waals surface area (Å²) in [4.78, 5) is 39.1. The number of aromatic hydroxyl groups is 1. The quantitative estimate of drug-likeness (QED) is 0.747. The average Bonchev–Trinajstić information content (AvgIpc) is 3.35. The highest BCUT2D eigenvalue weighted by Crippen LogP contribution is 2.41. The third-order valence-electron chi connectivity index (χ3n) is 3.89. The van der Waals surface area contributed by atoms with Gasteiger partial charge < -0.3 is 15.5 Å². The summed E-state index contributed by atoms with van der Waals surface area (Å²) >= 11 is 0. The maximum Gasteiger partial charge on any atom is 0.322 e. The smallest absolute Gasteiger partial charge is 0.322 e. The summed E-state index contributed by atoms with van der Waals surface area (Å²) in [5, 5.41) is 21.4. The molecule has 0 unspecified atom stereocenters. The topological polar surface area (TPSA) is 122 Å². The fourth-order valence-electron chi connectivity index (χ4n) is 2.50. The van der Waals surface area contributed by atoms with Crippen molar-refractivity contribution in [3.05, 3.63) is 33.7 Å². The summed E-state index contributed by atoms with van der Waals surface area (Å²) in [5.74, 6) is -2.24. The fraction of sp³-hybridized carbons (Fsp3) is 0.333. The first kappa shape index (κ1) is 15.0. The van der Waals surface area contributed by atoms with E-state index in [2.05, 4.69) is 10.3 Å². The Morgan fingerprint density at radius 1 is 1.43 bits per heavy atom. The second kappa shape index (κ2) is 5.38. The van der Waals surface area contributed by atoms with Crippen LogP contribution in [0.25, 0.3) is 11.0 Å². The molecule has 0 aliphatic heterocycles. The van der Waals surface area contributed by atoms with E-state index in [1.54, 1.807) is 12.3 Å². The molecule has 2 heterocycles. The highest BCUT2D eigenvalue weighted by Gasteiger charge is 2.26. The van der Waals surface area contributed by atoms with Crippen LogP contribution in [0.5, 0.6) is 5.75 Å². The normalized spacial score (nSPS) is 14.0. The molecule has 0 bridgehead atoms. The minimum Gasteiger partial charge on any atom is -0.506 e. The Kier molecular flexibility index (Phi) is 3.51. The maximum atomic E-state index is 12.3. The molecular formula is C15H15N3O5. The fourth-order valence-corrected chi connectivity index (χ4v) is 2.50. The Bertz CT molecular complexity index is 883. The maximum absolute atomic E-state index is 12.3. The van der Waals surface area contributed by atoms with Gasteiger partial charge in [0, 0.05) is 13.2 Å². The molecule has 120 valence electrons. The zero-order chi connectivity index (χ0) is 16.7. The number of carbonyl (C=O) groups excluding carboxylic acids is 1. The first-order chi connectivity index (χ1) is 10.9. The first-order valence-electron chi connectivity index (χ1n) is 7.11. The van der Waals surface area contributed by atoms with Crippen LogP contribution < -0.4 is 10.9 Å². The van der Waals surface area contributed by atoms with E-state index in [1.165, 1.54) is 11.6 Å². The molecule has 0 spiro atoms. The Hall–Kier alpha value is -2.90. The van der Waals surface area contributed by atoms with Gasteiger partial charge in [-0.25, -0.2) is 4.98 Å². The third-order valence-corrected chi connectivity index (χ3v) is 3.89. The lowest BCUT2D eigenvalue weighted by Gasteiger charge is -2.11. The molecule has 3 N–H and O–H groups in total. The minimum absolute atomic E-state index is 0.270. The predicted octanol–water partition coefficient (Wildman–Crippen LogP) is 0.331. The van der Waals surface area contributed by atoms with E-state index in [4.69, 9.17) is 5.11 Å². The molecule has 8 nitrogen and oxygen atoms in total. The van der Waals surface area contributed by atoms with Crippen LogP contribution in [-0.4, -0.2) is 38.2 Å². The van der Waals surface area contributed by atoms with Gasteiger partial charge >= 0.3 is 5.97 Å². The van der Waals surface area contributed by atoms with Gasteiger partial charge in [-0.3, -0.25) is 19.0 Å². The van der Waals surface area contributed by atoms with Crippen LogP contribution in [-0.2, 0) is 11.8 Å². The number of nitrogens with zero attached hydrogens (tertiary/aromatic N) is 2. The summed E-state index contributed by atoms with van der Waals surface area (Å²) in [5.41, 5.74) is 0.00980. The molecule has 0 saturated heterocycles. The molecule has 0 aromatic carbocycles. The highest BCUT2D eigenvalue weighted by molar-refractivity contribution is 6.02. The number of carbonyl (C=O) groups is 2. The Morgan fingerprint density at radius 3 is 2.74 bits per heavy atom. The number of amides is 1. The molecule has 23 heavy (non-hydrogen) atoms. The van der Waals surface area contributed by atoms with Gasteiger partial charge in [-0.2, -0.15) is 0 Å². The number of hydrogen-bond acceptors (Lipinski definition) is 5. The number of pyridine rings is 2. The number of aryl methyl sites for hydroxylation is 1.